The summed E-state index contributed by atoms with van der Waals surface area (Å²) in [6, 6.07) is 27.0. The number of hydrogen-bond donors (Lipinski definition) is 1. The minimum atomic E-state index is -0.287. The van der Waals surface area contributed by atoms with E-state index >= 15 is 0 Å². The number of rotatable bonds is 3. The molecule has 4 nitrogen and oxygen atoms in total. The van der Waals surface area contributed by atoms with E-state index in [4.69, 9.17) is 5.26 Å². The van der Waals surface area contributed by atoms with Crippen LogP contribution in [0, 0.1) is 11.3 Å². The van der Waals surface area contributed by atoms with Crippen LogP contribution in [0.1, 0.15) is 33.2 Å². The third-order valence-corrected chi connectivity index (χ3v) is 4.57. The summed E-state index contributed by atoms with van der Waals surface area (Å²) in [5, 5.41) is 12.5. The Morgan fingerprint density at radius 2 is 1.62 bits per heavy atom. The van der Waals surface area contributed by atoms with E-state index < -0.39 is 0 Å². The number of carbonyl (C=O) groups excluding carboxylic acids is 1. The molecule has 0 unspecified atom stereocenters. The van der Waals surface area contributed by atoms with E-state index in [1.165, 1.54) is 0 Å². The van der Waals surface area contributed by atoms with Crippen molar-refractivity contribution in [2.24, 2.45) is 0 Å². The first kappa shape index (κ1) is 15.9. The summed E-state index contributed by atoms with van der Waals surface area (Å²) in [7, 11) is 0. The van der Waals surface area contributed by atoms with Gasteiger partial charge in [0.05, 0.1) is 17.2 Å². The minimum Gasteiger partial charge on any atom is -0.361 e. The van der Waals surface area contributed by atoms with Crippen LogP contribution in [0.3, 0.4) is 0 Å². The summed E-state index contributed by atoms with van der Waals surface area (Å²) in [5.74, 6) is -0.00226. The lowest BCUT2D eigenvalue weighted by molar-refractivity contribution is 0.0666. The third-order valence-electron chi connectivity index (χ3n) is 4.57. The average Bonchev–Trinajstić information content (AvgIpc) is 2.71. The molecule has 126 valence electrons. The summed E-state index contributed by atoms with van der Waals surface area (Å²) in [4.78, 5) is 15.0. The quantitative estimate of drug-likeness (QED) is 0.773. The second-order valence-electron chi connectivity index (χ2n) is 6.24. The van der Waals surface area contributed by atoms with Crippen LogP contribution in [0.15, 0.2) is 78.9 Å². The number of benzene rings is 3. The summed E-state index contributed by atoms with van der Waals surface area (Å²) in [6.07, 6.45) is -0.287. The van der Waals surface area contributed by atoms with E-state index in [9.17, 15) is 4.79 Å². The van der Waals surface area contributed by atoms with E-state index in [0.29, 0.717) is 17.7 Å². The van der Waals surface area contributed by atoms with Crippen molar-refractivity contribution in [2.75, 3.05) is 5.32 Å². The molecule has 1 amide bonds. The topological polar surface area (TPSA) is 56.1 Å². The first-order valence-electron chi connectivity index (χ1n) is 8.47. The Bertz CT molecular complexity index is 974. The lowest BCUT2D eigenvalue weighted by atomic mass is 10.0. The summed E-state index contributed by atoms with van der Waals surface area (Å²) in [6.45, 7) is 0.506. The Balaban J connectivity index is 1.75. The van der Waals surface area contributed by atoms with E-state index in [1.807, 2.05) is 71.6 Å². The molecule has 0 radical (unpaired) electrons. The van der Waals surface area contributed by atoms with E-state index in [2.05, 4.69) is 11.4 Å². The highest BCUT2D eigenvalue weighted by molar-refractivity contribution is 6.01. The molecule has 4 rings (SSSR count). The molecule has 1 N–H and O–H groups in total. The highest BCUT2D eigenvalue weighted by atomic mass is 16.2. The number of carbonyl (C=O) groups is 1. The molecule has 0 saturated heterocycles. The molecule has 3 aromatic carbocycles. The van der Waals surface area contributed by atoms with Crippen LogP contribution >= 0.6 is 0 Å². The van der Waals surface area contributed by atoms with Gasteiger partial charge < -0.3 is 10.2 Å². The van der Waals surface area contributed by atoms with Crippen molar-refractivity contribution in [3.8, 4) is 6.07 Å². The first-order valence-corrected chi connectivity index (χ1v) is 8.47. The SMILES string of the molecule is N#Cc1ccc([C@H]2Nc3ccccc3C(=O)N2Cc2ccccc2)cc1. The summed E-state index contributed by atoms with van der Waals surface area (Å²) < 4.78 is 0. The monoisotopic (exact) mass is 339 g/mol. The Kier molecular flexibility index (Phi) is 4.12. The standard InChI is InChI=1S/C22H17N3O/c23-14-16-10-12-18(13-11-16)21-24-20-9-5-4-8-19(20)22(26)25(21)15-17-6-2-1-3-7-17/h1-13,21,24H,15H2/t21-/m0/s1. The van der Waals surface area contributed by atoms with Crippen molar-refractivity contribution in [3.63, 3.8) is 0 Å². The van der Waals surface area contributed by atoms with Gasteiger partial charge in [-0.15, -0.1) is 0 Å². The van der Waals surface area contributed by atoms with Crippen molar-refractivity contribution < 1.29 is 4.79 Å². The third kappa shape index (κ3) is 2.91. The normalized spacial score (nSPS) is 15.7. The number of amides is 1. The van der Waals surface area contributed by atoms with Gasteiger partial charge >= 0.3 is 0 Å². The van der Waals surface area contributed by atoms with Crippen LogP contribution in [-0.2, 0) is 6.54 Å². The first-order chi connectivity index (χ1) is 12.8. The van der Waals surface area contributed by atoms with Gasteiger partial charge in [-0.25, -0.2) is 0 Å². The van der Waals surface area contributed by atoms with E-state index in [-0.39, 0.29) is 12.1 Å². The van der Waals surface area contributed by atoms with Crippen molar-refractivity contribution in [1.29, 1.82) is 5.26 Å². The molecule has 0 aliphatic carbocycles. The maximum Gasteiger partial charge on any atom is 0.258 e. The molecule has 1 heterocycles. The average molecular weight is 339 g/mol. The second-order valence-corrected chi connectivity index (χ2v) is 6.24. The van der Waals surface area contributed by atoms with Crippen LogP contribution in [0.4, 0.5) is 5.69 Å². The molecule has 4 heteroatoms. The highest BCUT2D eigenvalue weighted by Gasteiger charge is 2.32. The van der Waals surface area contributed by atoms with Crippen LogP contribution in [0.2, 0.25) is 0 Å². The molecule has 26 heavy (non-hydrogen) atoms. The zero-order valence-corrected chi connectivity index (χ0v) is 14.1. The number of para-hydroxylation sites is 1. The second kappa shape index (κ2) is 6.73. The number of fused-ring (bicyclic) bond motifs is 1. The van der Waals surface area contributed by atoms with Gasteiger partial charge in [-0.2, -0.15) is 5.26 Å². The Hall–Kier alpha value is -3.58. The van der Waals surface area contributed by atoms with Crippen LogP contribution in [0.25, 0.3) is 0 Å². The molecule has 0 bridgehead atoms. The number of nitriles is 1. The largest absolute Gasteiger partial charge is 0.361 e. The lowest BCUT2D eigenvalue weighted by Gasteiger charge is -2.38. The summed E-state index contributed by atoms with van der Waals surface area (Å²) in [5.41, 5.74) is 4.12. The van der Waals surface area contributed by atoms with Gasteiger partial charge in [0, 0.05) is 12.2 Å². The van der Waals surface area contributed by atoms with Gasteiger partial charge in [-0.3, -0.25) is 4.79 Å². The minimum absolute atomic E-state index is 0.00226. The Morgan fingerprint density at radius 1 is 0.923 bits per heavy atom. The fourth-order valence-electron chi connectivity index (χ4n) is 3.24. The maximum absolute atomic E-state index is 13.2. The predicted molar refractivity (Wildman–Crippen MR) is 100 cm³/mol. The predicted octanol–water partition coefficient (Wildman–Crippen LogP) is 4.32. The molecule has 1 atom stereocenters. The fraction of sp³-hybridized carbons (Fsp3) is 0.0909. The molecule has 1 aliphatic heterocycles. The molecular weight excluding hydrogens is 322 g/mol. The molecule has 0 saturated carbocycles. The van der Waals surface area contributed by atoms with E-state index in [1.54, 1.807) is 12.1 Å². The van der Waals surface area contributed by atoms with Gasteiger partial charge in [0.15, 0.2) is 0 Å². The smallest absolute Gasteiger partial charge is 0.258 e. The van der Waals surface area contributed by atoms with Crippen LogP contribution in [0.5, 0.6) is 0 Å². The number of hydrogen-bond acceptors (Lipinski definition) is 3. The number of nitrogens with zero attached hydrogens (tertiary/aromatic N) is 2. The van der Waals surface area contributed by atoms with Crippen molar-refractivity contribution in [2.45, 2.75) is 12.7 Å². The number of nitrogens with one attached hydrogen (secondary N) is 1. The van der Waals surface area contributed by atoms with Gasteiger partial charge in [-0.1, -0.05) is 54.6 Å². The zero-order valence-electron chi connectivity index (χ0n) is 14.1. The van der Waals surface area contributed by atoms with Crippen molar-refractivity contribution in [1.82, 2.24) is 4.90 Å². The van der Waals surface area contributed by atoms with E-state index in [0.717, 1.165) is 16.8 Å². The van der Waals surface area contributed by atoms with Crippen LogP contribution < -0.4 is 5.32 Å². The fourth-order valence-corrected chi connectivity index (χ4v) is 3.24. The maximum atomic E-state index is 13.2. The Labute approximate surface area is 152 Å². The molecule has 0 aromatic heterocycles. The molecule has 3 aromatic rings. The van der Waals surface area contributed by atoms with Gasteiger partial charge in [-0.05, 0) is 35.4 Å². The molecular formula is C22H17N3O. The van der Waals surface area contributed by atoms with Crippen molar-refractivity contribution >= 4 is 11.6 Å². The highest BCUT2D eigenvalue weighted by Crippen LogP contribution is 2.34. The van der Waals surface area contributed by atoms with Crippen molar-refractivity contribution in [3.05, 3.63) is 101 Å². The Morgan fingerprint density at radius 3 is 2.35 bits per heavy atom. The molecule has 0 spiro atoms. The molecule has 1 aliphatic rings. The number of anilines is 1. The lowest BCUT2D eigenvalue weighted by Crippen LogP contribution is -2.42. The molecule has 0 fully saturated rings. The van der Waals surface area contributed by atoms with Crippen LogP contribution in [-0.4, -0.2) is 10.8 Å². The van der Waals surface area contributed by atoms with Gasteiger partial charge in [0.1, 0.15) is 6.17 Å². The summed E-state index contributed by atoms with van der Waals surface area (Å²) >= 11 is 0. The van der Waals surface area contributed by atoms with Gasteiger partial charge in [0.25, 0.3) is 5.91 Å². The van der Waals surface area contributed by atoms with Gasteiger partial charge in [0.2, 0.25) is 0 Å². The zero-order chi connectivity index (χ0) is 17.9.